The maximum Gasteiger partial charge on any atom is 0.152 e. The topological polar surface area (TPSA) is 72.6 Å². The van der Waals surface area contributed by atoms with Crippen molar-refractivity contribution < 1.29 is 13.2 Å². The number of rotatable bonds is 3. The van der Waals surface area contributed by atoms with Gasteiger partial charge >= 0.3 is 0 Å². The van der Waals surface area contributed by atoms with Gasteiger partial charge in [-0.3, -0.25) is 4.90 Å². The molecule has 2 N–H and O–H groups in total. The number of hydrogen-bond acceptors (Lipinski definition) is 5. The highest BCUT2D eigenvalue weighted by atomic mass is 32.2. The molecule has 5 nitrogen and oxygen atoms in total. The molecule has 2 heterocycles. The molecular formula is C14H20N2O3S. The van der Waals surface area contributed by atoms with E-state index in [0.717, 1.165) is 24.3 Å². The van der Waals surface area contributed by atoms with Crippen LogP contribution in [0.2, 0.25) is 0 Å². The fraction of sp³-hybridized carbons (Fsp3) is 0.571. The van der Waals surface area contributed by atoms with Crippen LogP contribution in [0.15, 0.2) is 18.2 Å². The molecule has 0 aliphatic carbocycles. The van der Waals surface area contributed by atoms with Crippen molar-refractivity contribution in [2.45, 2.75) is 12.5 Å². The van der Waals surface area contributed by atoms with Gasteiger partial charge in [-0.25, -0.2) is 8.42 Å². The second-order valence-electron chi connectivity index (χ2n) is 5.40. The van der Waals surface area contributed by atoms with Crippen molar-refractivity contribution in [3.63, 3.8) is 0 Å². The molecule has 1 saturated heterocycles. The molecule has 1 fully saturated rings. The summed E-state index contributed by atoms with van der Waals surface area (Å²) in [7, 11) is -2.85. The molecular weight excluding hydrogens is 276 g/mol. The molecule has 1 aromatic carbocycles. The summed E-state index contributed by atoms with van der Waals surface area (Å²) in [4.78, 5) is 2.18. The standard InChI is InChI=1S/C14H20N2O3S/c15-10-13(16-4-7-20(17,18)8-5-16)11-1-2-14-12(9-11)3-6-19-14/h1-2,9,13H,3-8,10,15H2. The van der Waals surface area contributed by atoms with Crippen LogP contribution in [0.5, 0.6) is 5.75 Å². The van der Waals surface area contributed by atoms with Crippen molar-refractivity contribution >= 4 is 9.84 Å². The highest BCUT2D eigenvalue weighted by Gasteiger charge is 2.28. The number of nitrogens with two attached hydrogens (primary N) is 1. The maximum absolute atomic E-state index is 11.5. The van der Waals surface area contributed by atoms with Crippen LogP contribution in [0.1, 0.15) is 17.2 Å². The normalized spacial score (nSPS) is 23.1. The largest absolute Gasteiger partial charge is 0.493 e. The van der Waals surface area contributed by atoms with E-state index in [2.05, 4.69) is 11.0 Å². The van der Waals surface area contributed by atoms with Gasteiger partial charge in [0.1, 0.15) is 5.75 Å². The van der Waals surface area contributed by atoms with Gasteiger partial charge in [-0.15, -0.1) is 0 Å². The Kier molecular flexibility index (Phi) is 3.70. The fourth-order valence-electron chi connectivity index (χ4n) is 2.95. The number of ether oxygens (including phenoxy) is 1. The second kappa shape index (κ2) is 5.35. The number of fused-ring (bicyclic) bond motifs is 1. The van der Waals surface area contributed by atoms with Crippen molar-refractivity contribution in [1.29, 1.82) is 0 Å². The molecule has 2 aliphatic rings. The average Bonchev–Trinajstić information content (AvgIpc) is 2.89. The second-order valence-corrected chi connectivity index (χ2v) is 7.71. The van der Waals surface area contributed by atoms with E-state index in [-0.39, 0.29) is 17.5 Å². The average molecular weight is 296 g/mol. The van der Waals surface area contributed by atoms with Crippen molar-refractivity contribution in [3.8, 4) is 5.75 Å². The van der Waals surface area contributed by atoms with Crippen LogP contribution in [0, 0.1) is 0 Å². The quantitative estimate of drug-likeness (QED) is 0.871. The monoisotopic (exact) mass is 296 g/mol. The van der Waals surface area contributed by atoms with E-state index < -0.39 is 9.84 Å². The van der Waals surface area contributed by atoms with Crippen molar-refractivity contribution in [2.75, 3.05) is 37.7 Å². The van der Waals surface area contributed by atoms with Crippen LogP contribution in [0.3, 0.4) is 0 Å². The summed E-state index contributed by atoms with van der Waals surface area (Å²) >= 11 is 0. The van der Waals surface area contributed by atoms with Gasteiger partial charge in [0.25, 0.3) is 0 Å². The van der Waals surface area contributed by atoms with Crippen LogP contribution in [0.25, 0.3) is 0 Å². The first-order chi connectivity index (χ1) is 9.59. The van der Waals surface area contributed by atoms with Gasteiger partial charge in [0.15, 0.2) is 9.84 Å². The minimum atomic E-state index is -2.85. The Bertz CT molecular complexity index is 586. The van der Waals surface area contributed by atoms with Gasteiger partial charge in [-0.1, -0.05) is 12.1 Å². The molecule has 1 aromatic rings. The van der Waals surface area contributed by atoms with Gasteiger partial charge in [-0.2, -0.15) is 0 Å². The summed E-state index contributed by atoms with van der Waals surface area (Å²) in [5, 5.41) is 0. The molecule has 2 aliphatic heterocycles. The fourth-order valence-corrected chi connectivity index (χ4v) is 4.18. The van der Waals surface area contributed by atoms with E-state index in [0.29, 0.717) is 19.6 Å². The number of nitrogens with zero attached hydrogens (tertiary/aromatic N) is 1. The van der Waals surface area contributed by atoms with Gasteiger partial charge in [-0.05, 0) is 17.2 Å². The molecule has 20 heavy (non-hydrogen) atoms. The third-order valence-electron chi connectivity index (χ3n) is 4.14. The summed E-state index contributed by atoms with van der Waals surface area (Å²) in [5.41, 5.74) is 8.32. The summed E-state index contributed by atoms with van der Waals surface area (Å²) in [6.07, 6.45) is 0.939. The van der Waals surface area contributed by atoms with Crippen LogP contribution in [-0.2, 0) is 16.3 Å². The lowest BCUT2D eigenvalue weighted by atomic mass is 10.0. The van der Waals surface area contributed by atoms with Crippen LogP contribution < -0.4 is 10.5 Å². The van der Waals surface area contributed by atoms with E-state index in [1.54, 1.807) is 0 Å². The summed E-state index contributed by atoms with van der Waals surface area (Å²) in [6, 6.07) is 6.30. The minimum Gasteiger partial charge on any atom is -0.493 e. The molecule has 110 valence electrons. The molecule has 1 atom stereocenters. The molecule has 0 amide bonds. The highest BCUT2D eigenvalue weighted by molar-refractivity contribution is 7.91. The van der Waals surface area contributed by atoms with Gasteiger partial charge in [0.05, 0.1) is 18.1 Å². The third kappa shape index (κ3) is 2.68. The summed E-state index contributed by atoms with van der Waals surface area (Å²) in [5.74, 6) is 1.43. The number of sulfone groups is 1. The first-order valence-corrected chi connectivity index (χ1v) is 8.81. The van der Waals surface area contributed by atoms with E-state index in [1.807, 2.05) is 12.1 Å². The Labute approximate surface area is 119 Å². The predicted molar refractivity (Wildman–Crippen MR) is 77.7 cm³/mol. The zero-order valence-corrected chi connectivity index (χ0v) is 12.2. The van der Waals surface area contributed by atoms with Crippen LogP contribution in [-0.4, -0.2) is 51.1 Å². The number of benzene rings is 1. The molecule has 6 heteroatoms. The zero-order valence-electron chi connectivity index (χ0n) is 11.4. The predicted octanol–water partition coefficient (Wildman–Crippen LogP) is 0.352. The Morgan fingerprint density at radius 2 is 2.05 bits per heavy atom. The molecule has 0 spiro atoms. The minimum absolute atomic E-state index is 0.0939. The van der Waals surface area contributed by atoms with Crippen molar-refractivity contribution in [2.24, 2.45) is 5.73 Å². The van der Waals surface area contributed by atoms with E-state index in [9.17, 15) is 8.42 Å². The molecule has 0 bridgehead atoms. The lowest BCUT2D eigenvalue weighted by molar-refractivity contribution is 0.218. The molecule has 0 saturated carbocycles. The molecule has 1 unspecified atom stereocenters. The first-order valence-electron chi connectivity index (χ1n) is 6.99. The Balaban J connectivity index is 1.80. The smallest absolute Gasteiger partial charge is 0.152 e. The van der Waals surface area contributed by atoms with Crippen molar-refractivity contribution in [1.82, 2.24) is 4.90 Å². The SMILES string of the molecule is NCC(c1ccc2c(c1)CCO2)N1CCS(=O)(=O)CC1. The molecule has 0 radical (unpaired) electrons. The van der Waals surface area contributed by atoms with E-state index >= 15 is 0 Å². The Morgan fingerprint density at radius 3 is 2.75 bits per heavy atom. The Morgan fingerprint density at radius 1 is 1.30 bits per heavy atom. The van der Waals surface area contributed by atoms with E-state index in [1.165, 1.54) is 5.56 Å². The van der Waals surface area contributed by atoms with Gasteiger partial charge < -0.3 is 10.5 Å². The number of hydrogen-bond donors (Lipinski definition) is 1. The molecule has 0 aromatic heterocycles. The first kappa shape index (κ1) is 13.9. The van der Waals surface area contributed by atoms with Gasteiger partial charge in [0, 0.05) is 32.1 Å². The van der Waals surface area contributed by atoms with Gasteiger partial charge in [0.2, 0.25) is 0 Å². The maximum atomic E-state index is 11.5. The third-order valence-corrected chi connectivity index (χ3v) is 5.75. The Hall–Kier alpha value is -1.11. The molecule has 3 rings (SSSR count). The van der Waals surface area contributed by atoms with Crippen LogP contribution in [0.4, 0.5) is 0 Å². The lowest BCUT2D eigenvalue weighted by Crippen LogP contribution is -2.44. The summed E-state index contributed by atoms with van der Waals surface area (Å²) in [6.45, 7) is 2.38. The summed E-state index contributed by atoms with van der Waals surface area (Å²) < 4.78 is 28.6. The van der Waals surface area contributed by atoms with E-state index in [4.69, 9.17) is 10.5 Å². The lowest BCUT2D eigenvalue weighted by Gasteiger charge is -2.34. The highest BCUT2D eigenvalue weighted by Crippen LogP contribution is 2.30. The zero-order chi connectivity index (χ0) is 14.2. The van der Waals surface area contributed by atoms with Crippen LogP contribution >= 0.6 is 0 Å². The van der Waals surface area contributed by atoms with Crippen molar-refractivity contribution in [3.05, 3.63) is 29.3 Å².